The molecule has 162 valence electrons. The van der Waals surface area contributed by atoms with Gasteiger partial charge in [0.15, 0.2) is 0 Å². The van der Waals surface area contributed by atoms with Crippen LogP contribution >= 0.6 is 0 Å². The standard InChI is InChI=1S/C22H31N5O3/c1-24(2)19-8-4-6-16(14-19)21(28)25-11-5-7-17(15-25)20-23-26(12-13-30-3)22(29)27(20)18-9-10-18/h4,6,8,14,17-18H,5,7,9-13,15H2,1-3H3. The molecule has 1 saturated heterocycles. The monoisotopic (exact) mass is 413 g/mol. The lowest BCUT2D eigenvalue weighted by molar-refractivity contribution is 0.0703. The summed E-state index contributed by atoms with van der Waals surface area (Å²) in [6.07, 6.45) is 3.90. The van der Waals surface area contributed by atoms with Gasteiger partial charge < -0.3 is 14.5 Å². The van der Waals surface area contributed by atoms with E-state index in [0.717, 1.165) is 43.7 Å². The van der Waals surface area contributed by atoms with Crippen molar-refractivity contribution in [1.29, 1.82) is 0 Å². The molecule has 0 bridgehead atoms. The second-order valence-electron chi connectivity index (χ2n) is 8.49. The quantitative estimate of drug-likeness (QED) is 0.695. The topological polar surface area (TPSA) is 72.6 Å². The Bertz CT molecular complexity index is 960. The molecule has 0 spiro atoms. The van der Waals surface area contributed by atoms with Crippen molar-refractivity contribution in [1.82, 2.24) is 19.2 Å². The minimum absolute atomic E-state index is 0.0440. The van der Waals surface area contributed by atoms with Crippen LogP contribution in [0.15, 0.2) is 29.1 Å². The molecule has 8 nitrogen and oxygen atoms in total. The minimum Gasteiger partial charge on any atom is -0.383 e. The van der Waals surface area contributed by atoms with Gasteiger partial charge in [-0.1, -0.05) is 6.07 Å². The summed E-state index contributed by atoms with van der Waals surface area (Å²) in [5, 5.41) is 4.68. The Balaban J connectivity index is 1.56. The van der Waals surface area contributed by atoms with E-state index in [4.69, 9.17) is 4.74 Å². The average Bonchev–Trinajstić information content (AvgIpc) is 3.55. The molecule has 1 aliphatic heterocycles. The van der Waals surface area contributed by atoms with Crippen molar-refractivity contribution in [2.75, 3.05) is 45.8 Å². The number of ether oxygens (including phenoxy) is 1. The van der Waals surface area contributed by atoms with Gasteiger partial charge in [-0.25, -0.2) is 9.48 Å². The van der Waals surface area contributed by atoms with Gasteiger partial charge in [-0.15, -0.1) is 0 Å². The molecular formula is C22H31N5O3. The molecule has 8 heteroatoms. The molecule has 1 unspecified atom stereocenters. The number of hydrogen-bond donors (Lipinski definition) is 0. The third-order valence-corrected chi connectivity index (χ3v) is 6.00. The van der Waals surface area contributed by atoms with Gasteiger partial charge in [-0.3, -0.25) is 9.36 Å². The van der Waals surface area contributed by atoms with E-state index in [1.807, 2.05) is 52.7 Å². The van der Waals surface area contributed by atoms with Crippen LogP contribution in [0.5, 0.6) is 0 Å². The number of benzene rings is 1. The molecule has 0 radical (unpaired) electrons. The molecule has 2 aliphatic rings. The van der Waals surface area contributed by atoms with Crippen LogP contribution in [0.3, 0.4) is 0 Å². The van der Waals surface area contributed by atoms with Gasteiger partial charge >= 0.3 is 5.69 Å². The Morgan fingerprint density at radius 1 is 1.27 bits per heavy atom. The number of amides is 1. The number of carbonyl (C=O) groups excluding carboxylic acids is 1. The van der Waals surface area contributed by atoms with E-state index in [1.165, 1.54) is 4.68 Å². The number of piperidine rings is 1. The Morgan fingerprint density at radius 2 is 2.07 bits per heavy atom. The number of rotatable bonds is 7. The van der Waals surface area contributed by atoms with Gasteiger partial charge in [-0.05, 0) is 43.9 Å². The number of nitrogens with zero attached hydrogens (tertiary/aromatic N) is 5. The Morgan fingerprint density at radius 3 is 2.77 bits per heavy atom. The maximum atomic E-state index is 13.2. The molecule has 1 amide bonds. The molecule has 4 rings (SSSR count). The van der Waals surface area contributed by atoms with Crippen molar-refractivity contribution in [2.45, 2.75) is 44.2 Å². The Hall–Kier alpha value is -2.61. The van der Waals surface area contributed by atoms with Crippen LogP contribution in [0.25, 0.3) is 0 Å². The van der Waals surface area contributed by atoms with Crippen LogP contribution in [0, 0.1) is 0 Å². The summed E-state index contributed by atoms with van der Waals surface area (Å²) in [6, 6.07) is 7.99. The number of methoxy groups -OCH3 is 1. The van der Waals surface area contributed by atoms with E-state index >= 15 is 0 Å². The highest BCUT2D eigenvalue weighted by atomic mass is 16.5. The first-order chi connectivity index (χ1) is 14.5. The van der Waals surface area contributed by atoms with Crippen LogP contribution in [0.1, 0.15) is 53.8 Å². The van der Waals surface area contributed by atoms with Crippen molar-refractivity contribution in [2.24, 2.45) is 0 Å². The lowest BCUT2D eigenvalue weighted by Gasteiger charge is -2.32. The van der Waals surface area contributed by atoms with Crippen LogP contribution in [-0.4, -0.2) is 66.1 Å². The molecule has 2 fully saturated rings. The summed E-state index contributed by atoms with van der Waals surface area (Å²) in [4.78, 5) is 30.0. The molecule has 1 aromatic carbocycles. The van der Waals surface area contributed by atoms with E-state index < -0.39 is 0 Å². The number of hydrogen-bond acceptors (Lipinski definition) is 5. The lowest BCUT2D eigenvalue weighted by atomic mass is 9.96. The molecule has 2 heterocycles. The molecule has 1 atom stereocenters. The summed E-state index contributed by atoms with van der Waals surface area (Å²) < 4.78 is 8.53. The van der Waals surface area contributed by atoms with Crippen molar-refractivity contribution in [3.05, 3.63) is 46.1 Å². The van der Waals surface area contributed by atoms with Gasteiger partial charge in [0.05, 0.1) is 13.2 Å². The third-order valence-electron chi connectivity index (χ3n) is 6.00. The zero-order valence-corrected chi connectivity index (χ0v) is 18.1. The van der Waals surface area contributed by atoms with E-state index in [1.54, 1.807) is 7.11 Å². The molecule has 30 heavy (non-hydrogen) atoms. The van der Waals surface area contributed by atoms with Gasteiger partial charge in [0.25, 0.3) is 5.91 Å². The smallest absolute Gasteiger partial charge is 0.346 e. The number of aromatic nitrogens is 3. The molecule has 1 aromatic heterocycles. The SMILES string of the molecule is COCCn1nc(C2CCCN(C(=O)c3cccc(N(C)C)c3)C2)n(C2CC2)c1=O. The van der Waals surface area contributed by atoms with Crippen molar-refractivity contribution in [3.63, 3.8) is 0 Å². The van der Waals surface area contributed by atoms with E-state index in [9.17, 15) is 9.59 Å². The third kappa shape index (κ3) is 4.14. The second kappa shape index (κ2) is 8.63. The highest BCUT2D eigenvalue weighted by Crippen LogP contribution is 2.37. The first-order valence-corrected chi connectivity index (χ1v) is 10.7. The largest absolute Gasteiger partial charge is 0.383 e. The van der Waals surface area contributed by atoms with Gasteiger partial charge in [0.2, 0.25) is 0 Å². The van der Waals surface area contributed by atoms with Crippen LogP contribution in [0.2, 0.25) is 0 Å². The normalized spacial score (nSPS) is 19.2. The van der Waals surface area contributed by atoms with Crippen molar-refractivity contribution < 1.29 is 9.53 Å². The van der Waals surface area contributed by atoms with Gasteiger partial charge in [-0.2, -0.15) is 5.10 Å². The lowest BCUT2D eigenvalue weighted by Crippen LogP contribution is -2.40. The summed E-state index contributed by atoms with van der Waals surface area (Å²) >= 11 is 0. The molecular weight excluding hydrogens is 382 g/mol. The van der Waals surface area contributed by atoms with Gasteiger partial charge in [0, 0.05) is 57.5 Å². The van der Waals surface area contributed by atoms with Crippen molar-refractivity contribution >= 4 is 11.6 Å². The fourth-order valence-electron chi connectivity index (χ4n) is 4.19. The predicted molar refractivity (Wildman–Crippen MR) is 115 cm³/mol. The van der Waals surface area contributed by atoms with E-state index in [0.29, 0.717) is 25.3 Å². The fourth-order valence-corrected chi connectivity index (χ4v) is 4.19. The number of likely N-dealkylation sites (tertiary alicyclic amines) is 1. The summed E-state index contributed by atoms with van der Waals surface area (Å²) in [7, 11) is 5.56. The highest BCUT2D eigenvalue weighted by molar-refractivity contribution is 5.95. The molecule has 1 saturated carbocycles. The minimum atomic E-state index is -0.0494. The van der Waals surface area contributed by atoms with Crippen molar-refractivity contribution in [3.8, 4) is 0 Å². The average molecular weight is 414 g/mol. The van der Waals surface area contributed by atoms with E-state index in [-0.39, 0.29) is 23.6 Å². The summed E-state index contributed by atoms with van der Waals surface area (Å²) in [5.41, 5.74) is 1.66. The van der Waals surface area contributed by atoms with Crippen LogP contribution < -0.4 is 10.6 Å². The maximum absolute atomic E-state index is 13.2. The highest BCUT2D eigenvalue weighted by Gasteiger charge is 2.35. The molecule has 0 N–H and O–H groups in total. The van der Waals surface area contributed by atoms with Crippen LogP contribution in [0.4, 0.5) is 5.69 Å². The number of anilines is 1. The zero-order valence-electron chi connectivity index (χ0n) is 18.1. The predicted octanol–water partition coefficient (Wildman–Crippen LogP) is 2.11. The zero-order chi connectivity index (χ0) is 21.3. The van der Waals surface area contributed by atoms with E-state index in [2.05, 4.69) is 5.10 Å². The summed E-state index contributed by atoms with van der Waals surface area (Å²) in [6.45, 7) is 2.24. The maximum Gasteiger partial charge on any atom is 0.346 e. The number of carbonyl (C=O) groups is 1. The van der Waals surface area contributed by atoms with Gasteiger partial charge in [0.1, 0.15) is 5.82 Å². The second-order valence-corrected chi connectivity index (χ2v) is 8.49. The Kier molecular flexibility index (Phi) is 5.94. The van der Waals surface area contributed by atoms with Crippen LogP contribution in [-0.2, 0) is 11.3 Å². The molecule has 1 aliphatic carbocycles. The summed E-state index contributed by atoms with van der Waals surface area (Å²) in [5.74, 6) is 0.956. The fraction of sp³-hybridized carbons (Fsp3) is 0.591. The Labute approximate surface area is 177 Å². The first kappa shape index (κ1) is 20.7. The first-order valence-electron chi connectivity index (χ1n) is 10.7. The molecule has 2 aromatic rings.